The number of carbonyl (C=O) groups is 2. The van der Waals surface area contributed by atoms with Gasteiger partial charge in [0.15, 0.2) is 10.9 Å². The highest BCUT2D eigenvalue weighted by molar-refractivity contribution is 8.00. The van der Waals surface area contributed by atoms with Gasteiger partial charge in [-0.05, 0) is 38.0 Å². The van der Waals surface area contributed by atoms with E-state index in [0.29, 0.717) is 16.7 Å². The van der Waals surface area contributed by atoms with Gasteiger partial charge in [0.2, 0.25) is 11.8 Å². The molecule has 0 radical (unpaired) electrons. The van der Waals surface area contributed by atoms with E-state index in [0.717, 1.165) is 11.3 Å². The van der Waals surface area contributed by atoms with Gasteiger partial charge in [0, 0.05) is 17.0 Å². The summed E-state index contributed by atoms with van der Waals surface area (Å²) >= 11 is 2.59. The van der Waals surface area contributed by atoms with Gasteiger partial charge in [-0.3, -0.25) is 9.59 Å². The number of anilines is 2. The fourth-order valence-electron chi connectivity index (χ4n) is 2.36. The zero-order valence-electron chi connectivity index (χ0n) is 15.7. The first-order valence-corrected chi connectivity index (χ1v) is 10.6. The van der Waals surface area contributed by atoms with Gasteiger partial charge in [-0.1, -0.05) is 17.3 Å². The lowest BCUT2D eigenvalue weighted by molar-refractivity contribution is -0.114. The van der Waals surface area contributed by atoms with E-state index >= 15 is 0 Å². The predicted molar refractivity (Wildman–Crippen MR) is 113 cm³/mol. The highest BCUT2D eigenvalue weighted by Crippen LogP contribution is 2.26. The monoisotopic (exact) mass is 416 g/mol. The summed E-state index contributed by atoms with van der Waals surface area (Å²) in [4.78, 5) is 28.4. The molecular formula is C19H20N4O3S2. The van der Waals surface area contributed by atoms with Crippen molar-refractivity contribution in [1.29, 1.82) is 0 Å². The first-order chi connectivity index (χ1) is 13.4. The number of hydrogen-bond acceptors (Lipinski definition) is 7. The molecule has 0 aliphatic carbocycles. The minimum absolute atomic E-state index is 0.144. The molecule has 0 aliphatic heterocycles. The van der Waals surface area contributed by atoms with Crippen LogP contribution in [0.25, 0.3) is 11.3 Å². The SMILES string of the molecule is Cc1cc(NC(=O)CSCC(=O)Nc2nc(-c3ccc(C)c(C)c3)cs2)no1. The molecular weight excluding hydrogens is 396 g/mol. The van der Waals surface area contributed by atoms with Crippen LogP contribution in [0, 0.1) is 20.8 Å². The highest BCUT2D eigenvalue weighted by atomic mass is 32.2. The smallest absolute Gasteiger partial charge is 0.236 e. The molecule has 2 aromatic heterocycles. The van der Waals surface area contributed by atoms with Crippen LogP contribution in [0.3, 0.4) is 0 Å². The van der Waals surface area contributed by atoms with E-state index in [9.17, 15) is 9.59 Å². The second-order valence-corrected chi connectivity index (χ2v) is 8.09. The molecule has 0 bridgehead atoms. The molecule has 0 saturated carbocycles. The summed E-state index contributed by atoms with van der Waals surface area (Å²) in [6.07, 6.45) is 0. The van der Waals surface area contributed by atoms with Crippen LogP contribution in [-0.4, -0.2) is 33.5 Å². The molecule has 9 heteroatoms. The molecule has 0 fully saturated rings. The number of nitrogens with zero attached hydrogens (tertiary/aromatic N) is 2. The average molecular weight is 417 g/mol. The standard InChI is InChI=1S/C19H20N4O3S2/c1-11-4-5-14(6-12(11)2)15-8-28-19(20-15)22-18(25)10-27-9-17(24)21-16-7-13(3)26-23-16/h4-8H,9-10H2,1-3H3,(H,20,22,25)(H,21,23,24). The van der Waals surface area contributed by atoms with Gasteiger partial charge >= 0.3 is 0 Å². The summed E-state index contributed by atoms with van der Waals surface area (Å²) in [7, 11) is 0. The zero-order valence-corrected chi connectivity index (χ0v) is 17.4. The normalized spacial score (nSPS) is 10.7. The number of carbonyl (C=O) groups excluding carboxylic acids is 2. The molecule has 0 atom stereocenters. The molecule has 0 unspecified atom stereocenters. The summed E-state index contributed by atoms with van der Waals surface area (Å²) < 4.78 is 4.88. The largest absolute Gasteiger partial charge is 0.360 e. The van der Waals surface area contributed by atoms with Crippen molar-refractivity contribution >= 4 is 45.9 Å². The number of thioether (sulfide) groups is 1. The topological polar surface area (TPSA) is 97.1 Å². The lowest BCUT2D eigenvalue weighted by Crippen LogP contribution is -2.18. The third-order valence-electron chi connectivity index (χ3n) is 3.91. The Bertz CT molecular complexity index is 997. The van der Waals surface area contributed by atoms with Crippen LogP contribution in [-0.2, 0) is 9.59 Å². The minimum Gasteiger partial charge on any atom is -0.360 e. The molecule has 7 nitrogen and oxygen atoms in total. The third-order valence-corrected chi connectivity index (χ3v) is 5.61. The van der Waals surface area contributed by atoms with E-state index in [1.807, 2.05) is 11.4 Å². The van der Waals surface area contributed by atoms with E-state index in [1.165, 1.54) is 34.2 Å². The Kier molecular flexibility index (Phi) is 6.48. The van der Waals surface area contributed by atoms with E-state index in [2.05, 4.69) is 46.8 Å². The third kappa shape index (κ3) is 5.43. The van der Waals surface area contributed by atoms with E-state index in [-0.39, 0.29) is 23.3 Å². The van der Waals surface area contributed by atoms with Crippen LogP contribution in [0.1, 0.15) is 16.9 Å². The van der Waals surface area contributed by atoms with Crippen molar-refractivity contribution in [3.05, 3.63) is 46.5 Å². The first-order valence-electron chi connectivity index (χ1n) is 8.54. The van der Waals surface area contributed by atoms with Crippen molar-refractivity contribution < 1.29 is 14.1 Å². The average Bonchev–Trinajstić information content (AvgIpc) is 3.26. The second-order valence-electron chi connectivity index (χ2n) is 6.25. The fraction of sp³-hybridized carbons (Fsp3) is 0.263. The van der Waals surface area contributed by atoms with Crippen molar-refractivity contribution in [2.45, 2.75) is 20.8 Å². The van der Waals surface area contributed by atoms with Crippen LogP contribution < -0.4 is 10.6 Å². The van der Waals surface area contributed by atoms with Crippen LogP contribution in [0.5, 0.6) is 0 Å². The van der Waals surface area contributed by atoms with Gasteiger partial charge in [0.05, 0.1) is 17.2 Å². The van der Waals surface area contributed by atoms with Crippen molar-refractivity contribution in [1.82, 2.24) is 10.1 Å². The molecule has 28 heavy (non-hydrogen) atoms. The van der Waals surface area contributed by atoms with Gasteiger partial charge in [-0.2, -0.15) is 0 Å². The molecule has 146 valence electrons. The molecule has 0 aliphatic rings. The van der Waals surface area contributed by atoms with Gasteiger partial charge in [-0.25, -0.2) is 4.98 Å². The molecule has 1 aromatic carbocycles. The summed E-state index contributed by atoms with van der Waals surface area (Å²) in [5, 5.41) is 11.5. The first kappa shape index (κ1) is 20.1. The number of aryl methyl sites for hydroxylation is 3. The number of nitrogens with one attached hydrogen (secondary N) is 2. The molecule has 2 heterocycles. The van der Waals surface area contributed by atoms with Crippen molar-refractivity contribution in [2.75, 3.05) is 22.1 Å². The molecule has 0 saturated heterocycles. The molecule has 3 aromatic rings. The summed E-state index contributed by atoms with van der Waals surface area (Å²) in [5.74, 6) is 0.850. The Morgan fingerprint density at radius 1 is 1.07 bits per heavy atom. The number of amides is 2. The molecule has 3 rings (SSSR count). The van der Waals surface area contributed by atoms with Crippen LogP contribution >= 0.6 is 23.1 Å². The van der Waals surface area contributed by atoms with Gasteiger partial charge in [0.1, 0.15) is 5.76 Å². The van der Waals surface area contributed by atoms with Crippen LogP contribution in [0.2, 0.25) is 0 Å². The van der Waals surface area contributed by atoms with Crippen LogP contribution in [0.4, 0.5) is 10.9 Å². The van der Waals surface area contributed by atoms with E-state index in [1.54, 1.807) is 13.0 Å². The summed E-state index contributed by atoms with van der Waals surface area (Å²) in [5.41, 5.74) is 4.28. The predicted octanol–water partition coefficient (Wildman–Crippen LogP) is 4.03. The number of thiazole rings is 1. The Labute approximate surface area is 170 Å². The zero-order chi connectivity index (χ0) is 20.1. The van der Waals surface area contributed by atoms with Gasteiger partial charge in [0.25, 0.3) is 0 Å². The molecule has 2 N–H and O–H groups in total. The van der Waals surface area contributed by atoms with Gasteiger partial charge < -0.3 is 15.2 Å². The Morgan fingerprint density at radius 2 is 1.82 bits per heavy atom. The van der Waals surface area contributed by atoms with Crippen LogP contribution in [0.15, 0.2) is 34.2 Å². The minimum atomic E-state index is -0.239. The maximum atomic E-state index is 12.1. The fourth-order valence-corrected chi connectivity index (χ4v) is 3.71. The number of rotatable bonds is 7. The van der Waals surface area contributed by atoms with Crippen molar-refractivity contribution in [2.24, 2.45) is 0 Å². The Balaban J connectivity index is 1.45. The lowest BCUT2D eigenvalue weighted by atomic mass is 10.1. The number of benzene rings is 1. The maximum Gasteiger partial charge on any atom is 0.236 e. The lowest BCUT2D eigenvalue weighted by Gasteiger charge is -2.03. The highest BCUT2D eigenvalue weighted by Gasteiger charge is 2.11. The molecule has 2 amide bonds. The quantitative estimate of drug-likeness (QED) is 0.603. The van der Waals surface area contributed by atoms with E-state index in [4.69, 9.17) is 4.52 Å². The summed E-state index contributed by atoms with van der Waals surface area (Å²) in [6, 6.07) is 7.80. The van der Waals surface area contributed by atoms with Crippen molar-refractivity contribution in [3.63, 3.8) is 0 Å². The Hall–Kier alpha value is -2.65. The van der Waals surface area contributed by atoms with Gasteiger partial charge in [-0.15, -0.1) is 23.1 Å². The maximum absolute atomic E-state index is 12.1. The summed E-state index contributed by atoms with van der Waals surface area (Å²) in [6.45, 7) is 5.87. The number of aromatic nitrogens is 2. The Morgan fingerprint density at radius 3 is 2.50 bits per heavy atom. The van der Waals surface area contributed by atoms with Crippen molar-refractivity contribution in [3.8, 4) is 11.3 Å². The van der Waals surface area contributed by atoms with E-state index < -0.39 is 0 Å². The number of hydrogen-bond donors (Lipinski definition) is 2. The second kappa shape index (κ2) is 9.03. The molecule has 0 spiro atoms.